The third-order valence-corrected chi connectivity index (χ3v) is 6.78. The van der Waals surface area contributed by atoms with Crippen molar-refractivity contribution >= 4 is 46.3 Å². The lowest BCUT2D eigenvalue weighted by Gasteiger charge is -2.39. The first-order chi connectivity index (χ1) is 15.2. The highest BCUT2D eigenvalue weighted by Gasteiger charge is 2.48. The van der Waals surface area contributed by atoms with E-state index in [1.807, 2.05) is 31.2 Å². The number of rotatable bonds is 4. The Bertz CT molecular complexity index is 1260. The molecule has 2 aliphatic heterocycles. The summed E-state index contributed by atoms with van der Waals surface area (Å²) in [6.45, 7) is 4.51. The van der Waals surface area contributed by atoms with E-state index in [1.54, 1.807) is 17.9 Å². The monoisotopic (exact) mass is 451 g/mol. The minimum absolute atomic E-state index is 0.184. The van der Waals surface area contributed by atoms with E-state index in [9.17, 15) is 14.4 Å². The summed E-state index contributed by atoms with van der Waals surface area (Å²) in [5.41, 5.74) is 4.09. The first kappa shape index (κ1) is 20.5. The number of carbonyl (C=O) groups is 3. The number of aromatic amines is 1. The number of imide groups is 1. The van der Waals surface area contributed by atoms with E-state index < -0.39 is 11.4 Å². The van der Waals surface area contributed by atoms with E-state index in [-0.39, 0.29) is 18.2 Å². The van der Waals surface area contributed by atoms with Crippen molar-refractivity contribution < 1.29 is 14.4 Å². The number of piperidine rings is 1. The van der Waals surface area contributed by atoms with Gasteiger partial charge in [-0.3, -0.25) is 19.7 Å². The van der Waals surface area contributed by atoms with Crippen molar-refractivity contribution in [2.24, 2.45) is 0 Å². The van der Waals surface area contributed by atoms with Crippen LogP contribution < -0.4 is 10.6 Å². The molecule has 164 valence electrons. The number of carbonyl (C=O) groups excluding carboxylic acids is 3. The lowest BCUT2D eigenvalue weighted by atomic mass is 9.89. The predicted molar refractivity (Wildman–Crippen MR) is 120 cm³/mol. The summed E-state index contributed by atoms with van der Waals surface area (Å²) in [6, 6.07) is 9.45. The number of imidazole rings is 1. The third-order valence-electron chi connectivity index (χ3n) is 6.37. The van der Waals surface area contributed by atoms with Gasteiger partial charge in [0, 0.05) is 30.1 Å². The Balaban J connectivity index is 1.33. The molecular formula is C23H22ClN5O3. The molecule has 3 heterocycles. The van der Waals surface area contributed by atoms with Gasteiger partial charge in [0.1, 0.15) is 5.54 Å². The predicted octanol–water partition coefficient (Wildman–Crippen LogP) is 3.29. The molecule has 3 aromatic rings. The van der Waals surface area contributed by atoms with Gasteiger partial charge in [0.15, 0.2) is 0 Å². The Morgan fingerprint density at radius 3 is 2.81 bits per heavy atom. The molecule has 1 saturated heterocycles. The van der Waals surface area contributed by atoms with Crippen LogP contribution in [0.5, 0.6) is 0 Å². The summed E-state index contributed by atoms with van der Waals surface area (Å²) in [7, 11) is 0. The lowest BCUT2D eigenvalue weighted by molar-refractivity contribution is -0.142. The van der Waals surface area contributed by atoms with E-state index >= 15 is 0 Å². The zero-order valence-corrected chi connectivity index (χ0v) is 18.5. The molecule has 0 aliphatic carbocycles. The number of fused-ring (bicyclic) bond motifs is 2. The minimum atomic E-state index is -1.03. The van der Waals surface area contributed by atoms with Gasteiger partial charge in [0.05, 0.1) is 11.0 Å². The largest absolute Gasteiger partial charge is 0.352 e. The standard InChI is InChI=1S/C23H22ClN5O3/c1-12-7-17-18(9-16(12)24)27-22(26-17)25-10-13-3-4-15-14(8-13)11-29(20(15)31)23(2)6-5-19(30)28-21(23)32/h3-4,7-9H,5-6,10-11H2,1-2H3,(H2,25,26,27)(H,28,30,32)/t23-/m0/s1. The fourth-order valence-electron chi connectivity index (χ4n) is 4.34. The normalized spacial score (nSPS) is 20.6. The third kappa shape index (κ3) is 3.31. The Morgan fingerprint density at radius 1 is 1.22 bits per heavy atom. The minimum Gasteiger partial charge on any atom is -0.352 e. The number of nitrogens with zero attached hydrogens (tertiary/aromatic N) is 2. The van der Waals surface area contributed by atoms with E-state index in [0.29, 0.717) is 36.0 Å². The van der Waals surface area contributed by atoms with Gasteiger partial charge in [-0.1, -0.05) is 23.7 Å². The van der Waals surface area contributed by atoms with E-state index in [0.717, 1.165) is 27.7 Å². The van der Waals surface area contributed by atoms with Crippen LogP contribution in [-0.4, -0.2) is 38.1 Å². The molecule has 0 unspecified atom stereocenters. The van der Waals surface area contributed by atoms with Crippen LogP contribution in [0.15, 0.2) is 30.3 Å². The molecule has 5 rings (SSSR count). The highest BCUT2D eigenvalue weighted by molar-refractivity contribution is 6.32. The molecular weight excluding hydrogens is 430 g/mol. The van der Waals surface area contributed by atoms with Crippen LogP contribution in [0.2, 0.25) is 5.02 Å². The van der Waals surface area contributed by atoms with Crippen molar-refractivity contribution in [1.29, 1.82) is 0 Å². The zero-order valence-electron chi connectivity index (χ0n) is 17.7. The highest BCUT2D eigenvalue weighted by atomic mass is 35.5. The number of hydrogen-bond donors (Lipinski definition) is 3. The second-order valence-corrected chi connectivity index (χ2v) is 9.00. The number of halogens is 1. The molecule has 1 fully saturated rings. The summed E-state index contributed by atoms with van der Waals surface area (Å²) >= 11 is 6.18. The first-order valence-electron chi connectivity index (χ1n) is 10.4. The molecule has 9 heteroatoms. The van der Waals surface area contributed by atoms with Crippen molar-refractivity contribution in [2.45, 2.75) is 45.3 Å². The van der Waals surface area contributed by atoms with E-state index in [1.165, 1.54) is 0 Å². The van der Waals surface area contributed by atoms with Crippen molar-refractivity contribution in [3.8, 4) is 0 Å². The molecule has 32 heavy (non-hydrogen) atoms. The average Bonchev–Trinajstić information content (AvgIpc) is 3.30. The molecule has 2 aromatic carbocycles. The molecule has 0 radical (unpaired) electrons. The van der Waals surface area contributed by atoms with Crippen LogP contribution >= 0.6 is 11.6 Å². The van der Waals surface area contributed by atoms with Crippen LogP contribution in [-0.2, 0) is 22.7 Å². The molecule has 1 aromatic heterocycles. The summed E-state index contributed by atoms with van der Waals surface area (Å²) in [4.78, 5) is 46.4. The summed E-state index contributed by atoms with van der Waals surface area (Å²) < 4.78 is 0. The molecule has 3 N–H and O–H groups in total. The lowest BCUT2D eigenvalue weighted by Crippen LogP contribution is -2.61. The van der Waals surface area contributed by atoms with Crippen LogP contribution in [0.1, 0.15) is 46.8 Å². The fraction of sp³-hybridized carbons (Fsp3) is 0.304. The molecule has 3 amide bonds. The number of aromatic nitrogens is 2. The Labute approximate surface area is 189 Å². The molecule has 0 bridgehead atoms. The molecule has 0 saturated carbocycles. The Hall–Kier alpha value is -3.39. The van der Waals surface area contributed by atoms with Crippen molar-refractivity contribution in [1.82, 2.24) is 20.2 Å². The van der Waals surface area contributed by atoms with Gasteiger partial charge in [-0.2, -0.15) is 0 Å². The SMILES string of the molecule is Cc1cc2[nH]c(NCc3ccc4c(c3)CN([C@@]3(C)CCC(=O)NC3=O)C4=O)nc2cc1Cl. The number of aryl methyl sites for hydroxylation is 1. The molecule has 2 aliphatic rings. The van der Waals surface area contributed by atoms with Crippen molar-refractivity contribution in [3.05, 3.63) is 57.6 Å². The first-order valence-corrected chi connectivity index (χ1v) is 10.8. The number of anilines is 1. The second kappa shape index (κ2) is 7.34. The van der Waals surface area contributed by atoms with Gasteiger partial charge < -0.3 is 15.2 Å². The van der Waals surface area contributed by atoms with Crippen molar-refractivity contribution in [3.63, 3.8) is 0 Å². The quantitative estimate of drug-likeness (QED) is 0.527. The topological polar surface area (TPSA) is 107 Å². The van der Waals surface area contributed by atoms with Gasteiger partial charge in [0.25, 0.3) is 11.8 Å². The van der Waals surface area contributed by atoms with E-state index in [2.05, 4.69) is 20.6 Å². The number of benzene rings is 2. The van der Waals surface area contributed by atoms with Gasteiger partial charge in [-0.25, -0.2) is 4.98 Å². The van der Waals surface area contributed by atoms with Crippen LogP contribution in [0.4, 0.5) is 5.95 Å². The van der Waals surface area contributed by atoms with Gasteiger partial charge in [-0.15, -0.1) is 0 Å². The van der Waals surface area contributed by atoms with Gasteiger partial charge in [-0.05, 0) is 55.2 Å². The summed E-state index contributed by atoms with van der Waals surface area (Å²) in [6.07, 6.45) is 0.543. The van der Waals surface area contributed by atoms with Crippen molar-refractivity contribution in [2.75, 3.05) is 5.32 Å². The van der Waals surface area contributed by atoms with E-state index in [4.69, 9.17) is 11.6 Å². The van der Waals surface area contributed by atoms with Crippen LogP contribution in [0, 0.1) is 6.92 Å². The maximum absolute atomic E-state index is 13.0. The zero-order chi connectivity index (χ0) is 22.6. The number of amides is 3. The molecule has 0 spiro atoms. The highest BCUT2D eigenvalue weighted by Crippen LogP contribution is 2.34. The fourth-order valence-corrected chi connectivity index (χ4v) is 4.50. The van der Waals surface area contributed by atoms with Crippen LogP contribution in [0.25, 0.3) is 11.0 Å². The number of nitrogens with one attached hydrogen (secondary N) is 3. The number of H-pyrrole nitrogens is 1. The Morgan fingerprint density at radius 2 is 2.03 bits per heavy atom. The van der Waals surface area contributed by atoms with Gasteiger partial charge >= 0.3 is 0 Å². The average molecular weight is 452 g/mol. The molecule has 8 nitrogen and oxygen atoms in total. The maximum Gasteiger partial charge on any atom is 0.255 e. The van der Waals surface area contributed by atoms with Crippen LogP contribution in [0.3, 0.4) is 0 Å². The molecule has 1 atom stereocenters. The number of hydrogen-bond acceptors (Lipinski definition) is 5. The maximum atomic E-state index is 13.0. The summed E-state index contributed by atoms with van der Waals surface area (Å²) in [5.74, 6) is -0.267. The Kier molecular flexibility index (Phi) is 4.70. The second-order valence-electron chi connectivity index (χ2n) is 8.59. The van der Waals surface area contributed by atoms with Gasteiger partial charge in [0.2, 0.25) is 11.9 Å². The summed E-state index contributed by atoms with van der Waals surface area (Å²) in [5, 5.41) is 6.31. The smallest absolute Gasteiger partial charge is 0.255 e.